The zero-order valence-corrected chi connectivity index (χ0v) is 19.0. The van der Waals surface area contributed by atoms with Crippen LogP contribution in [0.1, 0.15) is 38.7 Å². The molecule has 1 aromatic rings. The molecule has 0 spiro atoms. The highest BCUT2D eigenvalue weighted by Crippen LogP contribution is 2.53. The first-order valence-corrected chi connectivity index (χ1v) is 11.0. The third-order valence-corrected chi connectivity index (χ3v) is 7.04. The van der Waals surface area contributed by atoms with Crippen LogP contribution in [0.2, 0.25) is 0 Å². The second kappa shape index (κ2) is 8.58. The zero-order valence-electron chi connectivity index (χ0n) is 19.0. The number of aliphatic imine (C=N–C) groups is 1. The first-order valence-electron chi connectivity index (χ1n) is 11.0. The molecule has 0 amide bonds. The fourth-order valence-corrected chi connectivity index (χ4v) is 5.72. The number of ether oxygens (including phenoxy) is 3. The SMILES string of the molecule is CC[C@@H]1CN2CC[C@@]3(OC(C)=O)C(=Nc4cccc(OC)c43)[C@@H]2C[C@@H]1/C(=C\OC)C(=O)O. The van der Waals surface area contributed by atoms with E-state index in [1.165, 1.54) is 20.3 Å². The van der Waals surface area contributed by atoms with Gasteiger partial charge in [-0.15, -0.1) is 0 Å². The van der Waals surface area contributed by atoms with E-state index in [9.17, 15) is 14.7 Å². The van der Waals surface area contributed by atoms with E-state index in [1.54, 1.807) is 7.11 Å². The largest absolute Gasteiger partial charge is 0.504 e. The van der Waals surface area contributed by atoms with Gasteiger partial charge >= 0.3 is 11.9 Å². The Bertz CT molecular complexity index is 987. The molecule has 8 nitrogen and oxygen atoms in total. The third kappa shape index (κ3) is 3.46. The fraction of sp³-hybridized carbons (Fsp3) is 0.542. The Balaban J connectivity index is 1.80. The van der Waals surface area contributed by atoms with Crippen molar-refractivity contribution in [3.05, 3.63) is 35.6 Å². The van der Waals surface area contributed by atoms with Crippen LogP contribution < -0.4 is 4.74 Å². The normalized spacial score (nSPS) is 29.3. The standard InChI is InChI=1S/C24H30N2O6/c1-5-15-12-26-10-9-24(32-14(2)27)21-18(7-6-8-20(21)31-4)25-22(24)19(26)11-16(15)17(13-30-3)23(28)29/h6-8,13,15-16,19H,5,9-12H2,1-4H3,(H,28,29)/b17-13+/t15-,16+,19+,24+/m1/s1. The molecular weight excluding hydrogens is 412 g/mol. The highest BCUT2D eigenvalue weighted by molar-refractivity contribution is 6.06. The summed E-state index contributed by atoms with van der Waals surface area (Å²) in [5.41, 5.74) is 1.57. The van der Waals surface area contributed by atoms with E-state index in [4.69, 9.17) is 19.2 Å². The first-order chi connectivity index (χ1) is 15.4. The van der Waals surface area contributed by atoms with Crippen LogP contribution in [0, 0.1) is 11.8 Å². The van der Waals surface area contributed by atoms with Crippen molar-refractivity contribution in [2.45, 2.75) is 44.8 Å². The number of esters is 1. The van der Waals surface area contributed by atoms with E-state index < -0.39 is 11.6 Å². The Morgan fingerprint density at radius 1 is 1.34 bits per heavy atom. The van der Waals surface area contributed by atoms with Gasteiger partial charge in [-0.05, 0) is 30.4 Å². The topological polar surface area (TPSA) is 97.7 Å². The van der Waals surface area contributed by atoms with Crippen LogP contribution >= 0.6 is 0 Å². The summed E-state index contributed by atoms with van der Waals surface area (Å²) in [4.78, 5) is 31.6. The minimum Gasteiger partial charge on any atom is -0.504 e. The second-order valence-electron chi connectivity index (χ2n) is 8.66. The number of carbonyl (C=O) groups is 2. The second-order valence-corrected chi connectivity index (χ2v) is 8.66. The van der Waals surface area contributed by atoms with Crippen molar-refractivity contribution >= 4 is 23.3 Å². The lowest BCUT2D eigenvalue weighted by Gasteiger charge is -2.51. The van der Waals surface area contributed by atoms with E-state index in [-0.39, 0.29) is 29.4 Å². The van der Waals surface area contributed by atoms with Gasteiger partial charge in [0, 0.05) is 26.4 Å². The van der Waals surface area contributed by atoms with Gasteiger partial charge in [0.2, 0.25) is 0 Å². The Morgan fingerprint density at radius 2 is 2.12 bits per heavy atom. The Kier molecular flexibility index (Phi) is 5.99. The third-order valence-electron chi connectivity index (χ3n) is 7.04. The molecule has 0 bridgehead atoms. The summed E-state index contributed by atoms with van der Waals surface area (Å²) in [7, 11) is 3.07. The number of rotatable bonds is 6. The number of carbonyl (C=O) groups excluding carboxylic acids is 1. The number of nitrogens with zero attached hydrogens (tertiary/aromatic N) is 2. The summed E-state index contributed by atoms with van der Waals surface area (Å²) in [6.07, 6.45) is 3.35. The van der Waals surface area contributed by atoms with Crippen molar-refractivity contribution in [1.82, 2.24) is 4.90 Å². The highest BCUT2D eigenvalue weighted by Gasteiger charge is 2.57. The van der Waals surface area contributed by atoms with Gasteiger partial charge in [0.05, 0.1) is 49.1 Å². The van der Waals surface area contributed by atoms with Gasteiger partial charge < -0.3 is 19.3 Å². The highest BCUT2D eigenvalue weighted by atomic mass is 16.6. The monoisotopic (exact) mass is 442 g/mol. The maximum Gasteiger partial charge on any atom is 0.334 e. The molecule has 0 saturated carbocycles. The van der Waals surface area contributed by atoms with Crippen molar-refractivity contribution in [2.24, 2.45) is 16.8 Å². The number of hydrogen-bond donors (Lipinski definition) is 1. The van der Waals surface area contributed by atoms with Gasteiger partial charge in [0.1, 0.15) is 5.75 Å². The van der Waals surface area contributed by atoms with Crippen molar-refractivity contribution < 1.29 is 28.9 Å². The van der Waals surface area contributed by atoms with Crippen molar-refractivity contribution in [1.29, 1.82) is 0 Å². The molecule has 172 valence electrons. The lowest BCUT2D eigenvalue weighted by molar-refractivity contribution is -0.154. The summed E-state index contributed by atoms with van der Waals surface area (Å²) in [5, 5.41) is 9.86. The molecule has 0 aromatic heterocycles. The van der Waals surface area contributed by atoms with Crippen molar-refractivity contribution in [3.63, 3.8) is 0 Å². The predicted molar refractivity (Wildman–Crippen MR) is 118 cm³/mol. The van der Waals surface area contributed by atoms with Gasteiger partial charge in [0.15, 0.2) is 5.60 Å². The molecule has 0 radical (unpaired) electrons. The number of carboxylic acids is 1. The van der Waals surface area contributed by atoms with E-state index in [2.05, 4.69) is 11.8 Å². The molecule has 1 aromatic carbocycles. The molecule has 2 fully saturated rings. The summed E-state index contributed by atoms with van der Waals surface area (Å²) < 4.78 is 16.8. The summed E-state index contributed by atoms with van der Waals surface area (Å²) in [6.45, 7) is 4.97. The molecule has 1 N–H and O–H groups in total. The average molecular weight is 443 g/mol. The minimum atomic E-state index is -0.993. The smallest absolute Gasteiger partial charge is 0.334 e. The van der Waals surface area contributed by atoms with Gasteiger partial charge in [-0.25, -0.2) is 4.79 Å². The van der Waals surface area contributed by atoms with Gasteiger partial charge in [-0.1, -0.05) is 19.4 Å². The van der Waals surface area contributed by atoms with Crippen LogP contribution in [-0.4, -0.2) is 61.0 Å². The number of fused-ring (bicyclic) bond motifs is 5. The molecule has 0 unspecified atom stereocenters. The Morgan fingerprint density at radius 3 is 2.75 bits per heavy atom. The van der Waals surface area contributed by atoms with Crippen LogP contribution in [0.25, 0.3) is 0 Å². The minimum absolute atomic E-state index is 0.146. The molecular formula is C24H30N2O6. The number of piperidine rings is 2. The number of benzene rings is 1. The molecule has 0 aliphatic carbocycles. The first kappa shape index (κ1) is 22.3. The number of methoxy groups -OCH3 is 2. The Labute approximate surface area is 187 Å². The van der Waals surface area contributed by atoms with Gasteiger partial charge in [-0.3, -0.25) is 14.7 Å². The van der Waals surface area contributed by atoms with Crippen LogP contribution in [0.3, 0.4) is 0 Å². The number of hydrogen-bond acceptors (Lipinski definition) is 7. The Hall–Kier alpha value is -2.87. The summed E-state index contributed by atoms with van der Waals surface area (Å²) in [6, 6.07) is 5.49. The molecule has 4 atom stereocenters. The number of aliphatic carboxylic acids is 1. The summed E-state index contributed by atoms with van der Waals surface area (Å²) in [5.74, 6) is -0.720. The molecule has 3 aliphatic heterocycles. The van der Waals surface area contributed by atoms with Crippen LogP contribution in [-0.2, 0) is 24.7 Å². The van der Waals surface area contributed by atoms with E-state index in [1.807, 2.05) is 18.2 Å². The van der Waals surface area contributed by atoms with E-state index in [0.29, 0.717) is 25.1 Å². The lowest BCUT2D eigenvalue weighted by atomic mass is 9.70. The molecule has 8 heteroatoms. The molecule has 3 heterocycles. The van der Waals surface area contributed by atoms with Gasteiger partial charge in [0.25, 0.3) is 0 Å². The summed E-state index contributed by atoms with van der Waals surface area (Å²) >= 11 is 0. The fourth-order valence-electron chi connectivity index (χ4n) is 5.72. The van der Waals surface area contributed by atoms with E-state index in [0.717, 1.165) is 29.9 Å². The molecule has 32 heavy (non-hydrogen) atoms. The van der Waals surface area contributed by atoms with Crippen LogP contribution in [0.4, 0.5) is 5.69 Å². The molecule has 2 saturated heterocycles. The number of carboxylic acid groups (broad SMARTS) is 1. The van der Waals surface area contributed by atoms with Crippen molar-refractivity contribution in [2.75, 3.05) is 27.3 Å². The quantitative estimate of drug-likeness (QED) is 0.410. The maximum atomic E-state index is 12.2. The van der Waals surface area contributed by atoms with Crippen molar-refractivity contribution in [3.8, 4) is 5.75 Å². The molecule has 4 rings (SSSR count). The maximum absolute atomic E-state index is 12.2. The lowest BCUT2D eigenvalue weighted by Crippen LogP contribution is -2.61. The zero-order chi connectivity index (χ0) is 23.0. The van der Waals surface area contributed by atoms with E-state index >= 15 is 0 Å². The predicted octanol–water partition coefficient (Wildman–Crippen LogP) is 3.28. The van der Waals surface area contributed by atoms with Crippen LogP contribution in [0.15, 0.2) is 35.0 Å². The molecule has 3 aliphatic rings. The van der Waals surface area contributed by atoms with Gasteiger partial charge in [-0.2, -0.15) is 0 Å². The average Bonchev–Trinajstić information content (AvgIpc) is 3.10. The van der Waals surface area contributed by atoms with Crippen LogP contribution in [0.5, 0.6) is 5.75 Å².